The molecule has 6 heteroatoms. The second-order valence-electron chi connectivity index (χ2n) is 6.12. The van der Waals surface area contributed by atoms with Crippen molar-refractivity contribution in [3.8, 4) is 17.1 Å². The molecular weight excluding hydrogens is 340 g/mol. The van der Waals surface area contributed by atoms with Crippen molar-refractivity contribution in [2.75, 3.05) is 7.05 Å². The minimum Gasteiger partial charge on any atom is -0.463 e. The van der Waals surface area contributed by atoms with Crippen molar-refractivity contribution in [1.29, 1.82) is 0 Å². The first kappa shape index (κ1) is 16.8. The molecule has 0 unspecified atom stereocenters. The lowest BCUT2D eigenvalue weighted by molar-refractivity contribution is 0.0774. The van der Waals surface area contributed by atoms with Crippen LogP contribution in [-0.2, 0) is 6.54 Å². The molecule has 3 heterocycles. The molecule has 0 radical (unpaired) electrons. The second kappa shape index (κ2) is 7.29. The molecule has 0 aliphatic carbocycles. The maximum absolute atomic E-state index is 13.1. The topological polar surface area (TPSA) is 64.2 Å². The molecule has 0 N–H and O–H groups in total. The zero-order valence-electron chi connectivity index (χ0n) is 14.8. The summed E-state index contributed by atoms with van der Waals surface area (Å²) in [5.74, 6) is 0.473. The number of aromatic nitrogens is 3. The highest BCUT2D eigenvalue weighted by Crippen LogP contribution is 2.23. The van der Waals surface area contributed by atoms with Gasteiger partial charge in [0.05, 0.1) is 24.2 Å². The predicted octanol–water partition coefficient (Wildman–Crippen LogP) is 3.80. The smallest absolute Gasteiger partial charge is 0.272 e. The first-order valence-electron chi connectivity index (χ1n) is 8.57. The van der Waals surface area contributed by atoms with E-state index in [1.54, 1.807) is 41.2 Å². The lowest BCUT2D eigenvalue weighted by Crippen LogP contribution is -2.28. The summed E-state index contributed by atoms with van der Waals surface area (Å²) in [5.41, 5.74) is 2.71. The predicted molar refractivity (Wildman–Crippen MR) is 101 cm³/mol. The Morgan fingerprint density at radius 1 is 1.07 bits per heavy atom. The molecule has 0 atom stereocenters. The van der Waals surface area contributed by atoms with Gasteiger partial charge in [0.2, 0.25) is 0 Å². The van der Waals surface area contributed by atoms with E-state index in [0.717, 1.165) is 11.4 Å². The third-order valence-corrected chi connectivity index (χ3v) is 4.17. The van der Waals surface area contributed by atoms with Gasteiger partial charge in [0, 0.05) is 19.3 Å². The van der Waals surface area contributed by atoms with Gasteiger partial charge in [0.1, 0.15) is 11.4 Å². The number of carbonyl (C=O) groups is 1. The van der Waals surface area contributed by atoms with Gasteiger partial charge < -0.3 is 9.32 Å². The molecular formula is C21H18N4O2. The highest BCUT2D eigenvalue weighted by Gasteiger charge is 2.21. The molecule has 134 valence electrons. The van der Waals surface area contributed by atoms with Crippen molar-refractivity contribution in [3.63, 3.8) is 0 Å². The van der Waals surface area contributed by atoms with Crippen LogP contribution in [0, 0.1) is 0 Å². The van der Waals surface area contributed by atoms with Crippen molar-refractivity contribution in [2.24, 2.45) is 0 Å². The Morgan fingerprint density at radius 3 is 2.59 bits per heavy atom. The molecule has 1 aromatic carbocycles. The summed E-state index contributed by atoms with van der Waals surface area (Å²) in [6.45, 7) is 0.412. The van der Waals surface area contributed by atoms with Gasteiger partial charge in [-0.3, -0.25) is 9.78 Å². The highest BCUT2D eigenvalue weighted by molar-refractivity contribution is 5.94. The average molecular weight is 358 g/mol. The Balaban J connectivity index is 1.71. The molecule has 4 aromatic rings. The zero-order chi connectivity index (χ0) is 18.6. The van der Waals surface area contributed by atoms with Crippen molar-refractivity contribution < 1.29 is 9.21 Å². The van der Waals surface area contributed by atoms with E-state index in [1.807, 2.05) is 54.6 Å². The number of rotatable bonds is 5. The number of pyridine rings is 1. The van der Waals surface area contributed by atoms with Crippen LogP contribution >= 0.6 is 0 Å². The summed E-state index contributed by atoms with van der Waals surface area (Å²) >= 11 is 0. The van der Waals surface area contributed by atoms with E-state index in [2.05, 4.69) is 10.1 Å². The summed E-state index contributed by atoms with van der Waals surface area (Å²) < 4.78 is 7.10. The molecule has 27 heavy (non-hydrogen) atoms. The molecule has 0 aliphatic heterocycles. The van der Waals surface area contributed by atoms with Crippen molar-refractivity contribution in [3.05, 3.63) is 90.6 Å². The van der Waals surface area contributed by atoms with E-state index in [-0.39, 0.29) is 5.91 Å². The molecule has 0 spiro atoms. The molecule has 3 aromatic heterocycles. The van der Waals surface area contributed by atoms with Gasteiger partial charge >= 0.3 is 0 Å². The van der Waals surface area contributed by atoms with Crippen LogP contribution in [0.25, 0.3) is 17.1 Å². The SMILES string of the molecule is CN(Cc1ccccn1)C(=O)c1cc(-c2ccco2)nn1-c1ccccc1. The van der Waals surface area contributed by atoms with Crippen molar-refractivity contribution >= 4 is 5.91 Å². The van der Waals surface area contributed by atoms with Crippen molar-refractivity contribution in [2.45, 2.75) is 6.54 Å². The van der Waals surface area contributed by atoms with Crippen LogP contribution < -0.4 is 0 Å². The van der Waals surface area contributed by atoms with E-state index in [9.17, 15) is 4.79 Å². The van der Waals surface area contributed by atoms with Gasteiger partial charge in [0.15, 0.2) is 5.76 Å². The number of furan rings is 1. The average Bonchev–Trinajstić information content (AvgIpc) is 3.38. The van der Waals surface area contributed by atoms with Gasteiger partial charge in [-0.1, -0.05) is 24.3 Å². The fraction of sp³-hybridized carbons (Fsp3) is 0.0952. The molecule has 0 aliphatic rings. The number of para-hydroxylation sites is 1. The van der Waals surface area contributed by atoms with Gasteiger partial charge in [-0.25, -0.2) is 4.68 Å². The summed E-state index contributed by atoms with van der Waals surface area (Å²) in [6.07, 6.45) is 3.31. The van der Waals surface area contributed by atoms with Crippen LogP contribution in [0.3, 0.4) is 0 Å². The van der Waals surface area contributed by atoms with Gasteiger partial charge in [-0.2, -0.15) is 5.10 Å². The summed E-state index contributed by atoms with van der Waals surface area (Å²) in [7, 11) is 1.76. The Morgan fingerprint density at radius 2 is 1.89 bits per heavy atom. The van der Waals surface area contributed by atoms with E-state index < -0.39 is 0 Å². The maximum Gasteiger partial charge on any atom is 0.272 e. The standard InChI is InChI=1S/C21H18N4O2/c1-24(15-16-8-5-6-12-22-16)21(26)19-14-18(20-11-7-13-27-20)23-25(19)17-9-3-2-4-10-17/h2-14H,15H2,1H3. The fourth-order valence-corrected chi connectivity index (χ4v) is 2.85. The van der Waals surface area contributed by atoms with Crippen LogP contribution in [0.5, 0.6) is 0 Å². The summed E-state index contributed by atoms with van der Waals surface area (Å²) in [6, 6.07) is 20.6. The lowest BCUT2D eigenvalue weighted by Gasteiger charge is -2.17. The molecule has 1 amide bonds. The first-order valence-corrected chi connectivity index (χ1v) is 8.57. The summed E-state index contributed by atoms with van der Waals surface area (Å²) in [5, 5.41) is 4.59. The Kier molecular flexibility index (Phi) is 4.53. The van der Waals surface area contributed by atoms with Gasteiger partial charge in [0.25, 0.3) is 5.91 Å². The first-order chi connectivity index (χ1) is 13.2. The van der Waals surface area contributed by atoms with E-state index in [4.69, 9.17) is 4.42 Å². The fourth-order valence-electron chi connectivity index (χ4n) is 2.85. The second-order valence-corrected chi connectivity index (χ2v) is 6.12. The zero-order valence-corrected chi connectivity index (χ0v) is 14.8. The van der Waals surface area contributed by atoms with Gasteiger partial charge in [-0.05, 0) is 36.4 Å². The normalized spacial score (nSPS) is 10.7. The quantitative estimate of drug-likeness (QED) is 0.544. The number of carbonyl (C=O) groups excluding carboxylic acids is 1. The highest BCUT2D eigenvalue weighted by atomic mass is 16.3. The number of amides is 1. The van der Waals surface area contributed by atoms with Crippen LogP contribution in [-0.4, -0.2) is 32.6 Å². The number of hydrogen-bond donors (Lipinski definition) is 0. The minimum absolute atomic E-state index is 0.144. The Bertz CT molecular complexity index is 1020. The van der Waals surface area contributed by atoms with Crippen LogP contribution in [0.1, 0.15) is 16.2 Å². The number of benzene rings is 1. The largest absolute Gasteiger partial charge is 0.463 e. The van der Waals surface area contributed by atoms with E-state index >= 15 is 0 Å². The Labute approximate surface area is 156 Å². The molecule has 0 saturated heterocycles. The molecule has 0 fully saturated rings. The third-order valence-electron chi connectivity index (χ3n) is 4.17. The van der Waals surface area contributed by atoms with E-state index in [0.29, 0.717) is 23.7 Å². The Hall–Kier alpha value is -3.67. The monoisotopic (exact) mass is 358 g/mol. The van der Waals surface area contributed by atoms with Crippen LogP contribution in [0.4, 0.5) is 0 Å². The number of hydrogen-bond acceptors (Lipinski definition) is 4. The summed E-state index contributed by atoms with van der Waals surface area (Å²) in [4.78, 5) is 19.1. The third kappa shape index (κ3) is 3.50. The number of nitrogens with zero attached hydrogens (tertiary/aromatic N) is 4. The van der Waals surface area contributed by atoms with Crippen molar-refractivity contribution in [1.82, 2.24) is 19.7 Å². The lowest BCUT2D eigenvalue weighted by atomic mass is 10.2. The van der Waals surface area contributed by atoms with E-state index in [1.165, 1.54) is 0 Å². The minimum atomic E-state index is -0.144. The molecule has 0 bridgehead atoms. The molecule has 4 rings (SSSR count). The molecule has 6 nitrogen and oxygen atoms in total. The van der Waals surface area contributed by atoms with Gasteiger partial charge in [-0.15, -0.1) is 0 Å². The maximum atomic E-state index is 13.1. The van der Waals surface area contributed by atoms with Crippen LogP contribution in [0.15, 0.2) is 83.6 Å². The van der Waals surface area contributed by atoms with Crippen LogP contribution in [0.2, 0.25) is 0 Å². The molecule has 0 saturated carbocycles.